The Hall–Kier alpha value is -2.05. The Morgan fingerprint density at radius 3 is 2.69 bits per heavy atom. The minimum atomic E-state index is -0.257. The molecule has 1 aromatic carbocycles. The monoisotopic (exact) mass is 439 g/mol. The summed E-state index contributed by atoms with van der Waals surface area (Å²) >= 11 is 0. The number of nitrogens with one attached hydrogen (secondary N) is 1. The van der Waals surface area contributed by atoms with Gasteiger partial charge in [0.05, 0.1) is 6.54 Å². The summed E-state index contributed by atoms with van der Waals surface area (Å²) in [4.78, 5) is 17.0. The van der Waals surface area contributed by atoms with Crippen LogP contribution in [0.1, 0.15) is 38.9 Å². The van der Waals surface area contributed by atoms with Gasteiger partial charge in [-0.1, -0.05) is 32.0 Å². The fourth-order valence-electron chi connectivity index (χ4n) is 6.25. The van der Waals surface area contributed by atoms with Crippen molar-refractivity contribution >= 4 is 17.1 Å². The third-order valence-electron chi connectivity index (χ3n) is 8.47. The lowest BCUT2D eigenvalue weighted by atomic mass is 9.45. The van der Waals surface area contributed by atoms with E-state index >= 15 is 0 Å². The van der Waals surface area contributed by atoms with E-state index in [0.29, 0.717) is 17.9 Å². The molecule has 0 radical (unpaired) electrons. The van der Waals surface area contributed by atoms with E-state index < -0.39 is 0 Å². The van der Waals surface area contributed by atoms with Crippen LogP contribution in [0, 0.1) is 23.2 Å². The largest absolute Gasteiger partial charge is 0.460 e. The number of para-hydroxylation sites is 1. The number of fused-ring (bicyclic) bond motifs is 3. The van der Waals surface area contributed by atoms with E-state index in [-0.39, 0.29) is 6.09 Å². The first kappa shape index (κ1) is 21.8. The van der Waals surface area contributed by atoms with Crippen molar-refractivity contribution < 1.29 is 13.9 Å². The number of piperazine rings is 1. The number of ether oxygens (including phenoxy) is 1. The first-order chi connectivity index (χ1) is 15.5. The number of benzene rings is 1. The molecule has 2 aromatic rings. The van der Waals surface area contributed by atoms with Gasteiger partial charge >= 0.3 is 6.09 Å². The summed E-state index contributed by atoms with van der Waals surface area (Å²) in [6.07, 6.45) is 3.65. The lowest BCUT2D eigenvalue weighted by molar-refractivity contribution is -0.103. The Morgan fingerprint density at radius 1 is 1.16 bits per heavy atom. The van der Waals surface area contributed by atoms with Crippen LogP contribution in [0.4, 0.5) is 4.79 Å². The summed E-state index contributed by atoms with van der Waals surface area (Å²) < 4.78 is 11.4. The van der Waals surface area contributed by atoms with Gasteiger partial charge in [-0.3, -0.25) is 9.80 Å². The molecule has 1 saturated heterocycles. The Balaban J connectivity index is 0.970. The quantitative estimate of drug-likeness (QED) is 0.695. The summed E-state index contributed by atoms with van der Waals surface area (Å²) in [5, 5.41) is 4.20. The maximum Gasteiger partial charge on any atom is 0.407 e. The molecule has 2 heterocycles. The molecule has 6 rings (SSSR count). The number of hydrogen-bond acceptors (Lipinski definition) is 5. The fraction of sp³-hybridized carbons (Fsp3) is 0.654. The molecule has 2 bridgehead atoms. The number of furan rings is 1. The van der Waals surface area contributed by atoms with Gasteiger partial charge in [-0.15, -0.1) is 0 Å². The van der Waals surface area contributed by atoms with Crippen molar-refractivity contribution in [2.24, 2.45) is 23.2 Å². The van der Waals surface area contributed by atoms with Gasteiger partial charge in [0.15, 0.2) is 0 Å². The normalized spacial score (nSPS) is 27.8. The molecule has 3 atom stereocenters. The molecule has 1 aliphatic heterocycles. The van der Waals surface area contributed by atoms with Crippen LogP contribution in [0.5, 0.6) is 0 Å². The molecule has 1 amide bonds. The molecule has 4 fully saturated rings. The highest BCUT2D eigenvalue weighted by Gasteiger charge is 2.53. The lowest BCUT2D eigenvalue weighted by Gasteiger charge is -2.60. The van der Waals surface area contributed by atoms with Crippen LogP contribution in [0.2, 0.25) is 0 Å². The SMILES string of the molecule is CC1(C)C2CCC(CNC(=O)OCCN3CCN(Cc4cc5ccccc5o4)CC3)C1C2. The van der Waals surface area contributed by atoms with E-state index in [1.165, 1.54) is 24.6 Å². The number of nitrogens with zero attached hydrogens (tertiary/aromatic N) is 2. The van der Waals surface area contributed by atoms with Crippen LogP contribution in [0.3, 0.4) is 0 Å². The minimum absolute atomic E-state index is 0.257. The highest BCUT2D eigenvalue weighted by molar-refractivity contribution is 5.77. The van der Waals surface area contributed by atoms with Crippen LogP contribution < -0.4 is 5.32 Å². The minimum Gasteiger partial charge on any atom is -0.460 e. The van der Waals surface area contributed by atoms with Gasteiger partial charge in [0.2, 0.25) is 0 Å². The van der Waals surface area contributed by atoms with Crippen molar-refractivity contribution in [3.05, 3.63) is 36.1 Å². The Morgan fingerprint density at radius 2 is 1.94 bits per heavy atom. The van der Waals surface area contributed by atoms with Gasteiger partial charge in [0.25, 0.3) is 0 Å². The third kappa shape index (κ3) is 4.53. The zero-order chi connectivity index (χ0) is 22.1. The van der Waals surface area contributed by atoms with Crippen LogP contribution in [-0.4, -0.2) is 61.8 Å². The third-order valence-corrected chi connectivity index (χ3v) is 8.47. The summed E-state index contributed by atoms with van der Waals surface area (Å²) in [7, 11) is 0. The molecule has 4 aliphatic rings. The smallest absolute Gasteiger partial charge is 0.407 e. The van der Waals surface area contributed by atoms with Gasteiger partial charge in [0.1, 0.15) is 18.0 Å². The summed E-state index contributed by atoms with van der Waals surface area (Å²) in [6, 6.07) is 10.3. The zero-order valence-corrected chi connectivity index (χ0v) is 19.5. The van der Waals surface area contributed by atoms with E-state index in [0.717, 1.165) is 69.0 Å². The van der Waals surface area contributed by atoms with Gasteiger partial charge in [-0.2, -0.15) is 0 Å². The van der Waals surface area contributed by atoms with E-state index in [2.05, 4.69) is 41.1 Å². The average molecular weight is 440 g/mol. The maximum atomic E-state index is 12.2. The predicted molar refractivity (Wildman–Crippen MR) is 125 cm³/mol. The molecule has 3 aliphatic carbocycles. The van der Waals surface area contributed by atoms with E-state index in [1.54, 1.807) is 0 Å². The van der Waals surface area contributed by atoms with Gasteiger partial charge < -0.3 is 14.5 Å². The second-order valence-electron chi connectivity index (χ2n) is 10.6. The van der Waals surface area contributed by atoms with E-state index in [4.69, 9.17) is 9.15 Å². The average Bonchev–Trinajstić information content (AvgIpc) is 3.21. The summed E-state index contributed by atoms with van der Waals surface area (Å²) in [5.74, 6) is 3.30. The molecule has 1 aromatic heterocycles. The molecular formula is C26H37N3O3. The number of rotatable bonds is 7. The molecule has 174 valence electrons. The van der Waals surface area contributed by atoms with E-state index in [1.807, 2.05) is 18.2 Å². The zero-order valence-electron chi connectivity index (χ0n) is 19.5. The summed E-state index contributed by atoms with van der Waals surface area (Å²) in [6.45, 7) is 11.6. The van der Waals surface area contributed by atoms with Crippen LogP contribution in [-0.2, 0) is 11.3 Å². The summed E-state index contributed by atoms with van der Waals surface area (Å²) in [5.41, 5.74) is 1.42. The second kappa shape index (κ2) is 9.06. The van der Waals surface area contributed by atoms with Crippen molar-refractivity contribution in [2.45, 2.75) is 39.7 Å². The van der Waals surface area contributed by atoms with Crippen LogP contribution >= 0.6 is 0 Å². The van der Waals surface area contributed by atoms with Crippen molar-refractivity contribution in [1.29, 1.82) is 0 Å². The van der Waals surface area contributed by atoms with Crippen LogP contribution in [0.25, 0.3) is 11.0 Å². The highest BCUT2D eigenvalue weighted by Crippen LogP contribution is 2.61. The topological polar surface area (TPSA) is 58.0 Å². The van der Waals surface area contributed by atoms with Crippen molar-refractivity contribution in [2.75, 3.05) is 45.9 Å². The molecular weight excluding hydrogens is 402 g/mol. The molecule has 6 nitrogen and oxygen atoms in total. The first-order valence-electron chi connectivity index (χ1n) is 12.3. The molecule has 6 heteroatoms. The van der Waals surface area contributed by atoms with Crippen molar-refractivity contribution in [3.63, 3.8) is 0 Å². The molecule has 3 unspecified atom stereocenters. The number of carbonyl (C=O) groups excluding carboxylic acids is 1. The number of hydrogen-bond donors (Lipinski definition) is 1. The molecule has 0 spiro atoms. The lowest BCUT2D eigenvalue weighted by Crippen LogP contribution is -2.54. The predicted octanol–water partition coefficient (Wildman–Crippen LogP) is 4.35. The molecule has 3 saturated carbocycles. The van der Waals surface area contributed by atoms with Crippen molar-refractivity contribution in [1.82, 2.24) is 15.1 Å². The van der Waals surface area contributed by atoms with Gasteiger partial charge in [-0.25, -0.2) is 4.79 Å². The standard InChI is InChI=1S/C26H37N3O3/c1-26(2)21-8-7-20(23(26)16-21)17-27-25(30)31-14-13-28-9-11-29(12-10-28)18-22-15-19-5-3-4-6-24(19)32-22/h3-6,15,20-21,23H,7-14,16-18H2,1-2H3,(H,27,30). The molecule has 32 heavy (non-hydrogen) atoms. The highest BCUT2D eigenvalue weighted by atomic mass is 16.5. The van der Waals surface area contributed by atoms with Crippen LogP contribution in [0.15, 0.2) is 34.7 Å². The number of amides is 1. The first-order valence-corrected chi connectivity index (χ1v) is 12.3. The molecule has 1 N–H and O–H groups in total. The Labute approximate surface area is 191 Å². The second-order valence-corrected chi connectivity index (χ2v) is 10.6. The van der Waals surface area contributed by atoms with E-state index in [9.17, 15) is 4.79 Å². The van der Waals surface area contributed by atoms with Crippen molar-refractivity contribution in [3.8, 4) is 0 Å². The van der Waals surface area contributed by atoms with Gasteiger partial charge in [0, 0.05) is 44.7 Å². The fourth-order valence-corrected chi connectivity index (χ4v) is 6.25. The number of carbonyl (C=O) groups is 1. The van der Waals surface area contributed by atoms with Gasteiger partial charge in [-0.05, 0) is 54.6 Å². The Kier molecular flexibility index (Phi) is 6.17. The number of alkyl carbamates (subject to hydrolysis) is 1. The Bertz CT molecular complexity index is 896. The maximum absolute atomic E-state index is 12.2.